The molecule has 0 aliphatic carbocycles. The minimum Gasteiger partial charge on any atom is -0.481 e. The number of carboxylic acid groups (broad SMARTS) is 2. The number of nitrogens with two attached hydrogens (primary N) is 6. The second-order valence-electron chi connectivity index (χ2n) is 20.9. The maximum absolute atomic E-state index is 13.8. The zero-order chi connectivity index (χ0) is 70.3. The van der Waals surface area contributed by atoms with E-state index < -0.39 is 176 Å². The van der Waals surface area contributed by atoms with Crippen molar-refractivity contribution in [2.24, 2.45) is 44.4 Å². The van der Waals surface area contributed by atoms with Gasteiger partial charge in [0.1, 0.15) is 54.4 Å². The summed E-state index contributed by atoms with van der Waals surface area (Å²) in [5, 5.41) is 65.2. The van der Waals surface area contributed by atoms with E-state index in [1.807, 2.05) is 0 Å². The Labute approximate surface area is 551 Å². The molecule has 0 aromatic heterocycles. The van der Waals surface area contributed by atoms with E-state index in [0.29, 0.717) is 18.4 Å². The number of carboxylic acids is 2. The maximum Gasteiger partial charge on any atom is 0.326 e. The molecule has 0 saturated carbocycles. The molecule has 0 aliphatic rings. The molecule has 2 aromatic rings. The van der Waals surface area contributed by atoms with E-state index in [1.54, 1.807) is 60.7 Å². The molecule has 38 heteroatoms. The molecule has 520 valence electrons. The molecule has 0 fully saturated rings. The number of nitrogens with one attached hydrogen (secondary N) is 11. The molecule has 36 nitrogen and oxygen atoms in total. The number of nitrogens with zero attached hydrogens (tertiary/aromatic N) is 2. The first-order chi connectivity index (χ1) is 44.7. The number of amides is 11. The minimum atomic E-state index is -1.87. The standard InChI is InChI=1S/C56H87N19O17S2/c57-18-8-7-15-34(48(85)70-35(54(91)92)17-10-20-64-56(61)62)67-42(78)24-65-46(83)33(16-9-19-63-55(59)60)69-52(89)41(29-94)75-51(88)39(27-77)73-50(87)38(26-76)68-43(79)25-66-47(84)36(22-31-13-5-2-6-14-31)71-49(86)37(23-44(80)81)72-53(90)40(28-93)74-45(82)32(58)21-30-11-3-1-4-12-30/h1-6,11-14,32-41,76-77,93-94H,7-10,15-29,57-58H2,(H,65,83)(H,66,84)(H,67,78)(H,68,79)(H,69,89)(H,70,85)(H,71,86)(H,72,90)(H,73,87)(H,74,82)(H,75,88)(H,80,81)(H,91,92)(H4,59,60,63)(H4,61,62,64)/t32-,33-,34-,35-,36-,37-,38-,39-,40-,41-/m0/s1. The Morgan fingerprint density at radius 2 is 0.787 bits per heavy atom. The van der Waals surface area contributed by atoms with Crippen LogP contribution in [0.4, 0.5) is 0 Å². The Hall–Kier alpha value is -9.37. The zero-order valence-corrected chi connectivity index (χ0v) is 53.1. The van der Waals surface area contributed by atoms with Gasteiger partial charge in [-0.15, -0.1) is 0 Å². The van der Waals surface area contributed by atoms with Crippen LogP contribution in [0.25, 0.3) is 0 Å². The van der Waals surface area contributed by atoms with Crippen molar-refractivity contribution in [1.82, 2.24) is 58.5 Å². The molecular formula is C56H87N19O17S2. The van der Waals surface area contributed by atoms with E-state index in [9.17, 15) is 82.8 Å². The highest BCUT2D eigenvalue weighted by atomic mass is 32.1. The molecule has 0 unspecified atom stereocenters. The summed E-state index contributed by atoms with van der Waals surface area (Å²) >= 11 is 8.26. The first-order valence-electron chi connectivity index (χ1n) is 29.5. The number of rotatable bonds is 45. The third-order valence-electron chi connectivity index (χ3n) is 13.4. The second kappa shape index (κ2) is 44.2. The number of benzene rings is 2. The Morgan fingerprint density at radius 1 is 0.426 bits per heavy atom. The summed E-state index contributed by atoms with van der Waals surface area (Å²) in [6, 6.07) is 1.45. The maximum atomic E-state index is 13.8. The van der Waals surface area contributed by atoms with E-state index in [0.717, 1.165) is 5.56 Å². The van der Waals surface area contributed by atoms with Crippen molar-refractivity contribution in [3.63, 3.8) is 0 Å². The van der Waals surface area contributed by atoms with Gasteiger partial charge >= 0.3 is 11.9 Å². The van der Waals surface area contributed by atoms with Gasteiger partial charge in [0.2, 0.25) is 65.0 Å². The predicted molar refractivity (Wildman–Crippen MR) is 346 cm³/mol. The number of aliphatic hydroxyl groups excluding tert-OH is 2. The normalized spacial score (nSPS) is 14.0. The van der Waals surface area contributed by atoms with Crippen molar-refractivity contribution in [1.29, 1.82) is 0 Å². The van der Waals surface area contributed by atoms with E-state index in [4.69, 9.17) is 34.4 Å². The largest absolute Gasteiger partial charge is 0.481 e. The van der Waals surface area contributed by atoms with Crippen LogP contribution in [0.2, 0.25) is 0 Å². The number of aliphatic carboxylic acids is 2. The lowest BCUT2D eigenvalue weighted by molar-refractivity contribution is -0.142. The first-order valence-corrected chi connectivity index (χ1v) is 30.7. The molecule has 11 amide bonds. The monoisotopic (exact) mass is 1360 g/mol. The van der Waals surface area contributed by atoms with Crippen molar-refractivity contribution in [2.45, 2.75) is 125 Å². The van der Waals surface area contributed by atoms with Crippen LogP contribution in [0, 0.1) is 0 Å². The Morgan fingerprint density at radius 3 is 1.26 bits per heavy atom. The molecule has 0 aliphatic heterocycles. The number of unbranched alkanes of at least 4 members (excludes halogenated alkanes) is 1. The molecule has 0 saturated heterocycles. The lowest BCUT2D eigenvalue weighted by Gasteiger charge is -2.25. The van der Waals surface area contributed by atoms with Gasteiger partial charge in [-0.05, 0) is 69.0 Å². The highest BCUT2D eigenvalue weighted by Gasteiger charge is 2.35. The number of hydrogen-bond donors (Lipinski definition) is 23. The van der Waals surface area contributed by atoms with Gasteiger partial charge in [-0.25, -0.2) is 4.79 Å². The fraction of sp³-hybridized carbons (Fsp3) is 0.518. The summed E-state index contributed by atoms with van der Waals surface area (Å²) < 4.78 is 0. The number of carbonyl (C=O) groups excluding carboxylic acids is 11. The summed E-state index contributed by atoms with van der Waals surface area (Å²) in [6.45, 7) is -3.64. The van der Waals surface area contributed by atoms with Crippen molar-refractivity contribution in [2.75, 3.05) is 57.4 Å². The third kappa shape index (κ3) is 31.8. The third-order valence-corrected chi connectivity index (χ3v) is 14.2. The average Bonchev–Trinajstić information content (AvgIpc) is 1.03. The number of thiol groups is 2. The molecule has 0 spiro atoms. The van der Waals surface area contributed by atoms with Crippen molar-refractivity contribution >= 4 is 114 Å². The van der Waals surface area contributed by atoms with Crippen LogP contribution in [0.3, 0.4) is 0 Å². The molecule has 0 heterocycles. The Bertz CT molecular complexity index is 2910. The van der Waals surface area contributed by atoms with Crippen LogP contribution < -0.4 is 92.9 Å². The first kappa shape index (κ1) is 80.7. The quantitative estimate of drug-likeness (QED) is 0.0127. The Balaban J connectivity index is 2.16. The summed E-state index contributed by atoms with van der Waals surface area (Å²) in [5.74, 6) is -15.4. The van der Waals surface area contributed by atoms with Crippen LogP contribution >= 0.6 is 25.3 Å². The molecule has 2 aromatic carbocycles. The van der Waals surface area contributed by atoms with E-state index >= 15 is 0 Å². The van der Waals surface area contributed by atoms with Crippen LogP contribution in [0.5, 0.6) is 0 Å². The summed E-state index contributed by atoms with van der Waals surface area (Å²) in [7, 11) is 0. The summed E-state index contributed by atoms with van der Waals surface area (Å²) in [5.41, 5.74) is 34.3. The van der Waals surface area contributed by atoms with Gasteiger partial charge in [0.25, 0.3) is 0 Å². The van der Waals surface area contributed by atoms with Gasteiger partial charge in [0.05, 0.1) is 38.8 Å². The summed E-state index contributed by atoms with van der Waals surface area (Å²) in [6.07, 6.45) is -0.330. The lowest BCUT2D eigenvalue weighted by atomic mass is 10.0. The lowest BCUT2D eigenvalue weighted by Crippen LogP contribution is -2.60. The molecule has 0 bridgehead atoms. The van der Waals surface area contributed by atoms with Crippen molar-refractivity contribution < 1.29 is 82.8 Å². The summed E-state index contributed by atoms with van der Waals surface area (Å²) in [4.78, 5) is 179. The second-order valence-corrected chi connectivity index (χ2v) is 21.7. The highest BCUT2D eigenvalue weighted by Crippen LogP contribution is 2.09. The van der Waals surface area contributed by atoms with Crippen LogP contribution in [0.1, 0.15) is 62.5 Å². The number of carbonyl (C=O) groups is 13. The fourth-order valence-electron chi connectivity index (χ4n) is 8.46. The highest BCUT2D eigenvalue weighted by molar-refractivity contribution is 7.80. The fourth-order valence-corrected chi connectivity index (χ4v) is 8.97. The number of aliphatic imine (C=N–C) groups is 2. The van der Waals surface area contributed by atoms with E-state index in [2.05, 4.69) is 93.7 Å². The number of hydrogen-bond acceptors (Lipinski definition) is 21. The van der Waals surface area contributed by atoms with Gasteiger partial charge < -0.3 is 113 Å². The van der Waals surface area contributed by atoms with Gasteiger partial charge in [0.15, 0.2) is 11.9 Å². The molecule has 27 N–H and O–H groups in total. The van der Waals surface area contributed by atoms with Crippen LogP contribution in [-0.4, -0.2) is 227 Å². The minimum absolute atomic E-state index is 0.0270. The molecular weight excluding hydrogens is 1270 g/mol. The van der Waals surface area contributed by atoms with Crippen molar-refractivity contribution in [3.8, 4) is 0 Å². The number of guanidine groups is 2. The number of aliphatic hydroxyl groups is 2. The topological polar surface area (TPSA) is 616 Å². The van der Waals surface area contributed by atoms with Crippen LogP contribution in [0.15, 0.2) is 70.6 Å². The smallest absolute Gasteiger partial charge is 0.326 e. The molecule has 94 heavy (non-hydrogen) atoms. The zero-order valence-electron chi connectivity index (χ0n) is 51.3. The molecule has 10 atom stereocenters. The van der Waals surface area contributed by atoms with Gasteiger partial charge in [-0.2, -0.15) is 25.3 Å². The van der Waals surface area contributed by atoms with Gasteiger partial charge in [-0.1, -0.05) is 60.7 Å². The SMILES string of the molecule is NCCCC[C@H](NC(=O)CNC(=O)[C@H](CCCN=C(N)N)NC(=O)[C@H](CS)NC(=O)[C@H](CO)NC(=O)[C@H](CO)NC(=O)CNC(=O)[C@H](Cc1ccccc1)NC(=O)[C@H](CC(=O)O)NC(=O)[C@H](CS)NC(=O)[C@@H](N)Cc1ccccc1)C(=O)N[C@@H](CCCN=C(N)N)C(=O)O. The molecule has 0 radical (unpaired) electrons. The van der Waals surface area contributed by atoms with E-state index in [-0.39, 0.29) is 82.3 Å². The molecule has 2 rings (SSSR count). The van der Waals surface area contributed by atoms with Gasteiger partial charge in [-0.3, -0.25) is 67.5 Å². The average molecular weight is 1360 g/mol. The Kier molecular flexibility index (Phi) is 38.0. The predicted octanol–water partition coefficient (Wildman–Crippen LogP) is -8.97. The van der Waals surface area contributed by atoms with Crippen LogP contribution in [-0.2, 0) is 75.2 Å². The van der Waals surface area contributed by atoms with E-state index in [1.165, 1.54) is 0 Å². The van der Waals surface area contributed by atoms with Gasteiger partial charge in [0, 0.05) is 31.0 Å². The van der Waals surface area contributed by atoms with Crippen molar-refractivity contribution in [3.05, 3.63) is 71.8 Å².